The van der Waals surface area contributed by atoms with Crippen molar-refractivity contribution in [1.29, 1.82) is 0 Å². The lowest BCUT2D eigenvalue weighted by Gasteiger charge is -2.33. The Morgan fingerprint density at radius 2 is 1.63 bits per heavy atom. The number of carbonyl (C=O) groups is 1. The van der Waals surface area contributed by atoms with Crippen LogP contribution in [0.15, 0.2) is 54.6 Å². The molecule has 0 aliphatic carbocycles. The van der Waals surface area contributed by atoms with E-state index in [2.05, 4.69) is 15.1 Å². The van der Waals surface area contributed by atoms with Gasteiger partial charge in [0.2, 0.25) is 5.91 Å². The highest BCUT2D eigenvalue weighted by atomic mass is 19.1. The van der Waals surface area contributed by atoms with Crippen LogP contribution in [0.5, 0.6) is 0 Å². The summed E-state index contributed by atoms with van der Waals surface area (Å²) < 4.78 is 28.6. The van der Waals surface area contributed by atoms with Crippen LogP contribution >= 0.6 is 0 Å². The van der Waals surface area contributed by atoms with E-state index in [9.17, 15) is 13.6 Å². The van der Waals surface area contributed by atoms with Crippen molar-refractivity contribution in [2.75, 3.05) is 18.0 Å². The molecule has 6 nitrogen and oxygen atoms in total. The van der Waals surface area contributed by atoms with Crippen LogP contribution in [0.25, 0.3) is 33.3 Å². The molecule has 178 valence electrons. The number of benzene rings is 3. The van der Waals surface area contributed by atoms with Gasteiger partial charge in [-0.3, -0.25) is 4.79 Å². The molecule has 3 aromatic carbocycles. The number of anilines is 1. The zero-order valence-electron chi connectivity index (χ0n) is 19.3. The van der Waals surface area contributed by atoms with Crippen molar-refractivity contribution in [3.63, 3.8) is 0 Å². The summed E-state index contributed by atoms with van der Waals surface area (Å²) in [5, 5.41) is 9.71. The van der Waals surface area contributed by atoms with Crippen molar-refractivity contribution >= 4 is 22.5 Å². The molecule has 0 radical (unpaired) electrons. The van der Waals surface area contributed by atoms with E-state index >= 15 is 0 Å². The first kappa shape index (κ1) is 22.9. The van der Waals surface area contributed by atoms with Gasteiger partial charge in [0.25, 0.3) is 0 Å². The number of rotatable bonds is 4. The fourth-order valence-electron chi connectivity index (χ4n) is 4.68. The lowest BCUT2D eigenvalue weighted by atomic mass is 9.97. The number of fused-ring (bicyclic) bond motifs is 1. The molecule has 1 aliphatic rings. The van der Waals surface area contributed by atoms with Crippen LogP contribution in [0.2, 0.25) is 0 Å². The number of nitrogens with two attached hydrogens (primary N) is 2. The molecule has 1 fully saturated rings. The van der Waals surface area contributed by atoms with Gasteiger partial charge in [-0.05, 0) is 85.0 Å². The normalized spacial score (nSPS) is 14.5. The first-order valence-electron chi connectivity index (χ1n) is 11.5. The summed E-state index contributed by atoms with van der Waals surface area (Å²) in [6, 6.07) is 14.5. The minimum Gasteiger partial charge on any atom is -0.369 e. The number of aromatic nitrogens is 2. The van der Waals surface area contributed by atoms with Gasteiger partial charge in [0, 0.05) is 35.6 Å². The lowest BCUT2D eigenvalue weighted by Crippen LogP contribution is -2.40. The number of carbonyl (C=O) groups excluding carboxylic acids is 1. The Kier molecular flexibility index (Phi) is 5.90. The number of nitrogens with zero attached hydrogens (tertiary/aromatic N) is 3. The third kappa shape index (κ3) is 4.57. The van der Waals surface area contributed by atoms with Gasteiger partial charge in [-0.2, -0.15) is 0 Å². The summed E-state index contributed by atoms with van der Waals surface area (Å²) in [4.78, 5) is 13.9. The van der Waals surface area contributed by atoms with Gasteiger partial charge in [-0.15, -0.1) is 10.2 Å². The quantitative estimate of drug-likeness (QED) is 0.452. The van der Waals surface area contributed by atoms with Crippen molar-refractivity contribution in [2.24, 2.45) is 11.5 Å². The first-order valence-corrected chi connectivity index (χ1v) is 11.5. The number of primary amides is 1. The Balaban J connectivity index is 1.74. The van der Waals surface area contributed by atoms with Crippen molar-refractivity contribution < 1.29 is 13.6 Å². The standard InChI is InChI=1S/C27H25F2N5O/c1-15-8-18(12-20(28)9-15)25-26(34-6-4-22(30)5-7-34)23-14-16(2-3-24(23)32-33-25)17-10-19(27(31)35)13-21(29)11-17/h2-3,8-14,22H,4-7,30H2,1H3,(H2,31,35). The second-order valence-corrected chi connectivity index (χ2v) is 9.06. The molecular weight excluding hydrogens is 448 g/mol. The highest BCUT2D eigenvalue weighted by Crippen LogP contribution is 2.38. The van der Waals surface area contributed by atoms with Gasteiger partial charge < -0.3 is 16.4 Å². The third-order valence-electron chi connectivity index (χ3n) is 6.42. The van der Waals surface area contributed by atoms with Crippen LogP contribution in [0.1, 0.15) is 28.8 Å². The molecule has 1 aliphatic heterocycles. The Bertz CT molecular complexity index is 1430. The van der Waals surface area contributed by atoms with Crippen LogP contribution in [-0.4, -0.2) is 35.2 Å². The number of amides is 1. The summed E-state index contributed by atoms with van der Waals surface area (Å²) in [6.45, 7) is 3.28. The van der Waals surface area contributed by atoms with Crippen molar-refractivity contribution in [3.05, 3.63) is 77.4 Å². The molecule has 1 aromatic heterocycles. The average Bonchev–Trinajstić information content (AvgIpc) is 2.82. The molecular formula is C27H25F2N5O. The van der Waals surface area contributed by atoms with Gasteiger partial charge in [0.1, 0.15) is 17.3 Å². The zero-order valence-corrected chi connectivity index (χ0v) is 19.3. The molecule has 1 amide bonds. The SMILES string of the molecule is Cc1cc(F)cc(-c2nnc3ccc(-c4cc(F)cc(C(N)=O)c4)cc3c2N2CCC(N)CC2)c1. The molecule has 0 unspecified atom stereocenters. The van der Waals surface area contributed by atoms with E-state index in [0.717, 1.165) is 48.6 Å². The topological polar surface area (TPSA) is 98.1 Å². The number of hydrogen-bond acceptors (Lipinski definition) is 5. The monoisotopic (exact) mass is 473 g/mol. The Labute approximate surface area is 201 Å². The molecule has 0 bridgehead atoms. The Morgan fingerprint density at radius 3 is 2.34 bits per heavy atom. The summed E-state index contributed by atoms with van der Waals surface area (Å²) in [6.07, 6.45) is 1.63. The van der Waals surface area contributed by atoms with E-state index in [0.29, 0.717) is 27.9 Å². The second kappa shape index (κ2) is 9.03. The maximum Gasteiger partial charge on any atom is 0.248 e. The van der Waals surface area contributed by atoms with E-state index in [1.165, 1.54) is 18.2 Å². The third-order valence-corrected chi connectivity index (χ3v) is 6.42. The molecule has 0 saturated carbocycles. The number of halogens is 2. The van der Waals surface area contributed by atoms with E-state index in [-0.39, 0.29) is 17.4 Å². The fraction of sp³-hybridized carbons (Fsp3) is 0.222. The predicted molar refractivity (Wildman–Crippen MR) is 133 cm³/mol. The molecule has 5 rings (SSSR count). The number of piperidine rings is 1. The van der Waals surface area contributed by atoms with E-state index in [4.69, 9.17) is 11.5 Å². The van der Waals surface area contributed by atoms with E-state index < -0.39 is 11.7 Å². The van der Waals surface area contributed by atoms with E-state index in [1.54, 1.807) is 12.1 Å². The lowest BCUT2D eigenvalue weighted by molar-refractivity contribution is 0.1000. The first-order chi connectivity index (χ1) is 16.8. The highest BCUT2D eigenvalue weighted by Gasteiger charge is 2.24. The van der Waals surface area contributed by atoms with Crippen LogP contribution in [0, 0.1) is 18.6 Å². The second-order valence-electron chi connectivity index (χ2n) is 9.06. The average molecular weight is 474 g/mol. The van der Waals surface area contributed by atoms with Crippen LogP contribution in [0.3, 0.4) is 0 Å². The Morgan fingerprint density at radius 1 is 0.914 bits per heavy atom. The molecule has 35 heavy (non-hydrogen) atoms. The van der Waals surface area contributed by atoms with Crippen LogP contribution in [0.4, 0.5) is 14.5 Å². The minimum absolute atomic E-state index is 0.0918. The van der Waals surface area contributed by atoms with Crippen LogP contribution in [-0.2, 0) is 0 Å². The highest BCUT2D eigenvalue weighted by molar-refractivity contribution is 6.01. The van der Waals surface area contributed by atoms with E-state index in [1.807, 2.05) is 25.1 Å². The van der Waals surface area contributed by atoms with Gasteiger partial charge in [0.05, 0.1) is 11.2 Å². The summed E-state index contributed by atoms with van der Waals surface area (Å²) in [5.41, 5.74) is 16.3. The Hall–Kier alpha value is -3.91. The van der Waals surface area contributed by atoms with Gasteiger partial charge in [0.15, 0.2) is 0 Å². The minimum atomic E-state index is -0.702. The van der Waals surface area contributed by atoms with Gasteiger partial charge >= 0.3 is 0 Å². The molecule has 0 spiro atoms. The maximum atomic E-state index is 14.3. The maximum absolute atomic E-state index is 14.3. The smallest absolute Gasteiger partial charge is 0.248 e. The molecule has 4 aromatic rings. The number of hydrogen-bond donors (Lipinski definition) is 2. The summed E-state index contributed by atoms with van der Waals surface area (Å²) in [5.74, 6) is -1.60. The van der Waals surface area contributed by atoms with Gasteiger partial charge in [-0.25, -0.2) is 8.78 Å². The number of aryl methyl sites for hydroxylation is 1. The summed E-state index contributed by atoms with van der Waals surface area (Å²) >= 11 is 0. The molecule has 1 saturated heterocycles. The largest absolute Gasteiger partial charge is 0.369 e. The zero-order chi connectivity index (χ0) is 24.7. The molecule has 0 atom stereocenters. The molecule has 8 heteroatoms. The van der Waals surface area contributed by atoms with Crippen molar-refractivity contribution in [1.82, 2.24) is 10.2 Å². The predicted octanol–water partition coefficient (Wildman–Crippen LogP) is 4.58. The fourth-order valence-corrected chi connectivity index (χ4v) is 4.68. The molecule has 4 N–H and O–H groups in total. The van der Waals surface area contributed by atoms with Gasteiger partial charge in [-0.1, -0.05) is 6.07 Å². The van der Waals surface area contributed by atoms with Crippen LogP contribution < -0.4 is 16.4 Å². The summed E-state index contributed by atoms with van der Waals surface area (Å²) in [7, 11) is 0. The molecule has 2 heterocycles. The van der Waals surface area contributed by atoms with Crippen molar-refractivity contribution in [3.8, 4) is 22.4 Å². The van der Waals surface area contributed by atoms with Crippen molar-refractivity contribution in [2.45, 2.75) is 25.8 Å².